The number of nitrogens with zero attached hydrogens (tertiary/aromatic N) is 5. The molecule has 0 saturated heterocycles. The minimum atomic E-state index is -0.280. The molecule has 5 nitrogen and oxygen atoms in total. The molecule has 6 heteroatoms. The summed E-state index contributed by atoms with van der Waals surface area (Å²) in [5.41, 5.74) is 4.87. The summed E-state index contributed by atoms with van der Waals surface area (Å²) < 4.78 is 15.0. The van der Waals surface area contributed by atoms with Gasteiger partial charge in [0.25, 0.3) is 0 Å². The molecule has 23 heavy (non-hydrogen) atoms. The van der Waals surface area contributed by atoms with Crippen LogP contribution in [0.15, 0.2) is 55.0 Å². The van der Waals surface area contributed by atoms with Crippen LogP contribution < -0.4 is 0 Å². The van der Waals surface area contributed by atoms with Gasteiger partial charge in [-0.3, -0.25) is 4.98 Å². The second-order valence-corrected chi connectivity index (χ2v) is 5.19. The maximum absolute atomic E-state index is 13.3. The van der Waals surface area contributed by atoms with Gasteiger partial charge >= 0.3 is 0 Å². The van der Waals surface area contributed by atoms with Crippen molar-refractivity contribution < 1.29 is 4.39 Å². The second kappa shape index (κ2) is 5.24. The second-order valence-electron chi connectivity index (χ2n) is 5.19. The van der Waals surface area contributed by atoms with Crippen LogP contribution in [0.5, 0.6) is 0 Å². The summed E-state index contributed by atoms with van der Waals surface area (Å²) in [6.07, 6.45) is 5.09. The molecule has 0 saturated carbocycles. The van der Waals surface area contributed by atoms with Gasteiger partial charge in [-0.1, -0.05) is 12.1 Å². The zero-order valence-corrected chi connectivity index (χ0v) is 12.3. The first-order valence-electron chi connectivity index (χ1n) is 7.11. The van der Waals surface area contributed by atoms with E-state index in [0.29, 0.717) is 5.65 Å². The van der Waals surface area contributed by atoms with Crippen LogP contribution in [0.25, 0.3) is 28.0 Å². The van der Waals surface area contributed by atoms with E-state index in [1.165, 1.54) is 12.1 Å². The molecular weight excluding hydrogens is 293 g/mol. The average molecular weight is 305 g/mol. The van der Waals surface area contributed by atoms with Gasteiger partial charge in [0.15, 0.2) is 5.65 Å². The molecule has 3 aromatic heterocycles. The number of aryl methyl sites for hydroxylation is 1. The molecule has 112 valence electrons. The standard InChI is InChI=1S/C17H12FN5/c1-11-10-20-21-17-15(12-2-4-14(18)5-3-12)16(22-23(11)17)13-6-8-19-9-7-13/h2-10H,1H3. The molecule has 4 rings (SSSR count). The number of rotatable bonds is 2. The highest BCUT2D eigenvalue weighted by molar-refractivity contribution is 5.90. The third-order valence-electron chi connectivity index (χ3n) is 3.68. The van der Waals surface area contributed by atoms with Gasteiger partial charge < -0.3 is 0 Å². The minimum absolute atomic E-state index is 0.280. The molecule has 0 unspecified atom stereocenters. The van der Waals surface area contributed by atoms with E-state index in [0.717, 1.165) is 28.1 Å². The van der Waals surface area contributed by atoms with Crippen LogP contribution in [0.3, 0.4) is 0 Å². The van der Waals surface area contributed by atoms with Crippen molar-refractivity contribution in [3.63, 3.8) is 0 Å². The van der Waals surface area contributed by atoms with Crippen molar-refractivity contribution in [2.45, 2.75) is 6.92 Å². The van der Waals surface area contributed by atoms with Crippen LogP contribution in [0.4, 0.5) is 4.39 Å². The Morgan fingerprint density at radius 1 is 0.957 bits per heavy atom. The number of hydrogen-bond acceptors (Lipinski definition) is 4. The number of aromatic nitrogens is 5. The molecule has 0 N–H and O–H groups in total. The van der Waals surface area contributed by atoms with Crippen molar-refractivity contribution in [2.24, 2.45) is 0 Å². The zero-order chi connectivity index (χ0) is 15.8. The van der Waals surface area contributed by atoms with Crippen LogP contribution in [0.1, 0.15) is 5.69 Å². The Morgan fingerprint density at radius 2 is 1.70 bits per heavy atom. The van der Waals surface area contributed by atoms with Crippen LogP contribution in [-0.2, 0) is 0 Å². The maximum atomic E-state index is 13.3. The summed E-state index contributed by atoms with van der Waals surface area (Å²) in [4.78, 5) is 4.04. The lowest BCUT2D eigenvalue weighted by Crippen LogP contribution is -1.97. The fourth-order valence-corrected chi connectivity index (χ4v) is 2.56. The smallest absolute Gasteiger partial charge is 0.186 e. The van der Waals surface area contributed by atoms with E-state index < -0.39 is 0 Å². The van der Waals surface area contributed by atoms with Crippen molar-refractivity contribution in [2.75, 3.05) is 0 Å². The first-order valence-corrected chi connectivity index (χ1v) is 7.11. The SMILES string of the molecule is Cc1cnnc2c(-c3ccc(F)cc3)c(-c3ccncc3)nn12. The summed E-state index contributed by atoms with van der Waals surface area (Å²) in [7, 11) is 0. The van der Waals surface area contributed by atoms with Gasteiger partial charge in [-0.25, -0.2) is 8.91 Å². The fourth-order valence-electron chi connectivity index (χ4n) is 2.56. The van der Waals surface area contributed by atoms with Crippen molar-refractivity contribution in [3.8, 4) is 22.4 Å². The molecule has 0 aliphatic rings. The number of hydrogen-bond donors (Lipinski definition) is 0. The maximum Gasteiger partial charge on any atom is 0.186 e. The summed E-state index contributed by atoms with van der Waals surface area (Å²) in [6, 6.07) is 10.1. The van der Waals surface area contributed by atoms with E-state index in [-0.39, 0.29) is 5.82 Å². The minimum Gasteiger partial charge on any atom is -0.265 e. The van der Waals surface area contributed by atoms with Crippen molar-refractivity contribution >= 4 is 5.65 Å². The van der Waals surface area contributed by atoms with E-state index in [2.05, 4.69) is 20.3 Å². The van der Waals surface area contributed by atoms with Gasteiger partial charge in [0.05, 0.1) is 17.5 Å². The molecule has 0 bridgehead atoms. The molecule has 0 aliphatic carbocycles. The molecule has 0 atom stereocenters. The first-order chi connectivity index (χ1) is 11.2. The predicted molar refractivity (Wildman–Crippen MR) is 84.1 cm³/mol. The Labute approximate surface area is 131 Å². The predicted octanol–water partition coefficient (Wildman–Crippen LogP) is 3.30. The average Bonchev–Trinajstić information content (AvgIpc) is 2.97. The molecular formula is C17H12FN5. The molecule has 3 heterocycles. The van der Waals surface area contributed by atoms with Crippen LogP contribution in [-0.4, -0.2) is 24.8 Å². The molecule has 4 aromatic rings. The largest absolute Gasteiger partial charge is 0.265 e. The first kappa shape index (κ1) is 13.5. The third-order valence-corrected chi connectivity index (χ3v) is 3.68. The van der Waals surface area contributed by atoms with Gasteiger partial charge in [-0.05, 0) is 36.8 Å². The van der Waals surface area contributed by atoms with Crippen molar-refractivity contribution in [1.82, 2.24) is 24.8 Å². The monoisotopic (exact) mass is 305 g/mol. The molecule has 1 aromatic carbocycles. The number of halogens is 1. The van der Waals surface area contributed by atoms with Gasteiger partial charge in [0.1, 0.15) is 11.5 Å². The Bertz CT molecular complexity index is 977. The highest BCUT2D eigenvalue weighted by Gasteiger charge is 2.18. The van der Waals surface area contributed by atoms with Crippen LogP contribution in [0.2, 0.25) is 0 Å². The summed E-state index contributed by atoms with van der Waals surface area (Å²) in [5, 5.41) is 12.9. The molecule has 0 aliphatic heterocycles. The van der Waals surface area contributed by atoms with E-state index in [1.807, 2.05) is 19.1 Å². The summed E-state index contributed by atoms with van der Waals surface area (Å²) in [6.45, 7) is 1.92. The topological polar surface area (TPSA) is 56.0 Å². The molecule has 0 spiro atoms. The summed E-state index contributed by atoms with van der Waals surface area (Å²) in [5.74, 6) is -0.280. The highest BCUT2D eigenvalue weighted by atomic mass is 19.1. The highest BCUT2D eigenvalue weighted by Crippen LogP contribution is 2.34. The zero-order valence-electron chi connectivity index (χ0n) is 12.3. The number of benzene rings is 1. The molecule has 0 fully saturated rings. The lowest BCUT2D eigenvalue weighted by atomic mass is 10.0. The van der Waals surface area contributed by atoms with Gasteiger partial charge in [0, 0.05) is 18.0 Å². The lowest BCUT2D eigenvalue weighted by Gasteiger charge is -2.03. The van der Waals surface area contributed by atoms with Gasteiger partial charge in [-0.2, -0.15) is 10.2 Å². The Morgan fingerprint density at radius 3 is 2.43 bits per heavy atom. The van der Waals surface area contributed by atoms with E-state index in [9.17, 15) is 4.39 Å². The fraction of sp³-hybridized carbons (Fsp3) is 0.0588. The van der Waals surface area contributed by atoms with Crippen LogP contribution >= 0.6 is 0 Å². The molecule has 0 radical (unpaired) electrons. The lowest BCUT2D eigenvalue weighted by molar-refractivity contribution is 0.628. The quantitative estimate of drug-likeness (QED) is 0.570. The Hall–Kier alpha value is -3.15. The van der Waals surface area contributed by atoms with Crippen molar-refractivity contribution in [3.05, 3.63) is 66.5 Å². The molecule has 0 amide bonds. The van der Waals surface area contributed by atoms with Gasteiger partial charge in [0.2, 0.25) is 0 Å². The van der Waals surface area contributed by atoms with E-state index in [4.69, 9.17) is 0 Å². The van der Waals surface area contributed by atoms with Crippen molar-refractivity contribution in [1.29, 1.82) is 0 Å². The Balaban J connectivity index is 2.07. The summed E-state index contributed by atoms with van der Waals surface area (Å²) >= 11 is 0. The number of fused-ring (bicyclic) bond motifs is 1. The van der Waals surface area contributed by atoms with Gasteiger partial charge in [-0.15, -0.1) is 5.10 Å². The van der Waals surface area contributed by atoms with E-state index in [1.54, 1.807) is 35.2 Å². The normalized spacial score (nSPS) is 11.0. The number of pyridine rings is 1. The van der Waals surface area contributed by atoms with E-state index >= 15 is 0 Å². The van der Waals surface area contributed by atoms with Crippen LogP contribution in [0, 0.1) is 12.7 Å². The Kier molecular flexibility index (Phi) is 3.08. The third kappa shape index (κ3) is 2.24.